The van der Waals surface area contributed by atoms with E-state index in [9.17, 15) is 18.0 Å². The standard InChI is InChI=1S/C22H32N4O5S/c1-3-10-23-21(27)17-24-13-15-25(16-14-24)22(28)18-8-11-26(12-9-18)32(29,30)20-6-4-19(31-2)5-7-20/h3-7,18H,1,8-17H2,2H3,(H,23,27). The van der Waals surface area contributed by atoms with Crippen LogP contribution >= 0.6 is 0 Å². The fourth-order valence-corrected chi connectivity index (χ4v) is 5.54. The number of sulfonamides is 1. The maximum atomic E-state index is 13.0. The molecule has 2 amide bonds. The van der Waals surface area contributed by atoms with Crippen molar-refractivity contribution < 1.29 is 22.7 Å². The molecule has 0 unspecified atom stereocenters. The van der Waals surface area contributed by atoms with Crippen molar-refractivity contribution in [1.29, 1.82) is 0 Å². The topological polar surface area (TPSA) is 99.3 Å². The van der Waals surface area contributed by atoms with Crippen LogP contribution < -0.4 is 10.1 Å². The number of amides is 2. The Hall–Kier alpha value is -2.43. The lowest BCUT2D eigenvalue weighted by atomic mass is 9.96. The zero-order valence-corrected chi connectivity index (χ0v) is 19.3. The summed E-state index contributed by atoms with van der Waals surface area (Å²) in [5, 5.41) is 2.76. The number of hydrogen-bond donors (Lipinski definition) is 1. The van der Waals surface area contributed by atoms with Gasteiger partial charge in [-0.05, 0) is 37.1 Å². The molecule has 2 aliphatic heterocycles. The third-order valence-electron chi connectivity index (χ3n) is 6.00. The van der Waals surface area contributed by atoms with Crippen LogP contribution in [-0.2, 0) is 19.6 Å². The quantitative estimate of drug-likeness (QED) is 0.564. The lowest BCUT2D eigenvalue weighted by Crippen LogP contribution is -2.53. The average Bonchev–Trinajstić information content (AvgIpc) is 2.83. The Bertz CT molecular complexity index is 903. The first-order valence-corrected chi connectivity index (χ1v) is 12.3. The Balaban J connectivity index is 1.47. The summed E-state index contributed by atoms with van der Waals surface area (Å²) in [7, 11) is -2.05. The van der Waals surface area contributed by atoms with E-state index in [-0.39, 0.29) is 22.6 Å². The number of methoxy groups -OCH3 is 1. The highest BCUT2D eigenvalue weighted by Crippen LogP contribution is 2.26. The molecular weight excluding hydrogens is 432 g/mol. The minimum atomic E-state index is -3.58. The lowest BCUT2D eigenvalue weighted by molar-refractivity contribution is -0.138. The van der Waals surface area contributed by atoms with Crippen molar-refractivity contribution >= 4 is 21.8 Å². The molecule has 0 radical (unpaired) electrons. The van der Waals surface area contributed by atoms with Crippen LogP contribution in [0, 0.1) is 5.92 Å². The Labute approximate surface area is 190 Å². The first-order chi connectivity index (χ1) is 15.3. The summed E-state index contributed by atoms with van der Waals surface area (Å²) in [6.07, 6.45) is 2.67. The summed E-state index contributed by atoms with van der Waals surface area (Å²) in [4.78, 5) is 28.9. The van der Waals surface area contributed by atoms with Crippen molar-refractivity contribution in [3.63, 3.8) is 0 Å². The second kappa shape index (κ2) is 10.9. The fourth-order valence-electron chi connectivity index (χ4n) is 4.07. The molecule has 2 aliphatic rings. The average molecular weight is 465 g/mol. The second-order valence-corrected chi connectivity index (χ2v) is 9.99. The van der Waals surface area contributed by atoms with Gasteiger partial charge in [-0.15, -0.1) is 6.58 Å². The number of rotatable bonds is 8. The van der Waals surface area contributed by atoms with E-state index in [1.807, 2.05) is 9.80 Å². The number of nitrogens with one attached hydrogen (secondary N) is 1. The van der Waals surface area contributed by atoms with Gasteiger partial charge in [0.25, 0.3) is 0 Å². The second-order valence-electron chi connectivity index (χ2n) is 8.05. The summed E-state index contributed by atoms with van der Waals surface area (Å²) in [5.41, 5.74) is 0. The first-order valence-electron chi connectivity index (χ1n) is 10.9. The molecule has 0 aromatic heterocycles. The van der Waals surface area contributed by atoms with Crippen molar-refractivity contribution in [2.75, 3.05) is 59.5 Å². The van der Waals surface area contributed by atoms with Crippen LogP contribution in [0.15, 0.2) is 41.8 Å². The molecule has 0 bridgehead atoms. The summed E-state index contributed by atoms with van der Waals surface area (Å²) in [6, 6.07) is 6.35. The van der Waals surface area contributed by atoms with E-state index in [1.165, 1.54) is 11.4 Å². The fraction of sp³-hybridized carbons (Fsp3) is 0.545. The molecule has 10 heteroatoms. The van der Waals surface area contributed by atoms with E-state index in [1.54, 1.807) is 30.3 Å². The number of piperazine rings is 1. The molecule has 0 atom stereocenters. The minimum Gasteiger partial charge on any atom is -0.497 e. The van der Waals surface area contributed by atoms with E-state index in [2.05, 4.69) is 11.9 Å². The van der Waals surface area contributed by atoms with Crippen LogP contribution in [0.1, 0.15) is 12.8 Å². The van der Waals surface area contributed by atoms with Crippen LogP contribution in [0.5, 0.6) is 5.75 Å². The summed E-state index contributed by atoms with van der Waals surface area (Å²) >= 11 is 0. The molecule has 0 saturated carbocycles. The number of benzene rings is 1. The van der Waals surface area contributed by atoms with E-state index in [0.717, 1.165) is 0 Å². The summed E-state index contributed by atoms with van der Waals surface area (Å²) in [5.74, 6) is 0.475. The van der Waals surface area contributed by atoms with Crippen molar-refractivity contribution in [3.8, 4) is 5.75 Å². The first kappa shape index (κ1) is 24.2. The van der Waals surface area contributed by atoms with Crippen molar-refractivity contribution in [2.45, 2.75) is 17.7 Å². The molecule has 9 nitrogen and oxygen atoms in total. The molecule has 3 rings (SSSR count). The van der Waals surface area contributed by atoms with Crippen LogP contribution in [0.25, 0.3) is 0 Å². The van der Waals surface area contributed by atoms with Gasteiger partial charge < -0.3 is 15.0 Å². The predicted molar refractivity (Wildman–Crippen MR) is 121 cm³/mol. The maximum Gasteiger partial charge on any atom is 0.243 e. The van der Waals surface area contributed by atoms with E-state index < -0.39 is 10.0 Å². The summed E-state index contributed by atoms with van der Waals surface area (Å²) < 4.78 is 32.3. The SMILES string of the molecule is C=CCNC(=O)CN1CCN(C(=O)C2CCN(S(=O)(=O)c3ccc(OC)cc3)CC2)CC1. The van der Waals surface area contributed by atoms with Crippen molar-refractivity contribution in [3.05, 3.63) is 36.9 Å². The Morgan fingerprint density at radius 3 is 2.28 bits per heavy atom. The Morgan fingerprint density at radius 1 is 1.09 bits per heavy atom. The molecule has 32 heavy (non-hydrogen) atoms. The van der Waals surface area contributed by atoms with Gasteiger partial charge in [-0.25, -0.2) is 8.42 Å². The van der Waals surface area contributed by atoms with Gasteiger partial charge in [0.1, 0.15) is 5.75 Å². The number of piperidine rings is 1. The van der Waals surface area contributed by atoms with Gasteiger partial charge in [-0.2, -0.15) is 4.31 Å². The normalized spacial score (nSPS) is 18.8. The highest BCUT2D eigenvalue weighted by atomic mass is 32.2. The number of carbonyl (C=O) groups excluding carboxylic acids is 2. The zero-order valence-electron chi connectivity index (χ0n) is 18.5. The monoisotopic (exact) mass is 464 g/mol. The van der Waals surface area contributed by atoms with Gasteiger partial charge in [0.15, 0.2) is 0 Å². The van der Waals surface area contributed by atoms with Crippen molar-refractivity contribution in [2.24, 2.45) is 5.92 Å². The van der Waals surface area contributed by atoms with Crippen LogP contribution in [-0.4, -0.2) is 93.8 Å². The number of nitrogens with zero attached hydrogens (tertiary/aromatic N) is 3. The third kappa shape index (κ3) is 5.87. The minimum absolute atomic E-state index is 0.0462. The van der Waals surface area contributed by atoms with E-state index in [4.69, 9.17) is 4.74 Å². The van der Waals surface area contributed by atoms with Gasteiger partial charge in [-0.1, -0.05) is 6.08 Å². The van der Waals surface area contributed by atoms with Gasteiger partial charge in [0.2, 0.25) is 21.8 Å². The predicted octanol–water partition coefficient (Wildman–Crippen LogP) is 0.542. The summed E-state index contributed by atoms with van der Waals surface area (Å²) in [6.45, 7) is 7.46. The molecule has 2 saturated heterocycles. The molecule has 2 fully saturated rings. The van der Waals surface area contributed by atoms with Gasteiger partial charge in [0, 0.05) is 51.7 Å². The Kier molecular flexibility index (Phi) is 8.27. The highest BCUT2D eigenvalue weighted by molar-refractivity contribution is 7.89. The van der Waals surface area contributed by atoms with Crippen molar-refractivity contribution in [1.82, 2.24) is 19.4 Å². The maximum absolute atomic E-state index is 13.0. The molecule has 1 aromatic carbocycles. The third-order valence-corrected chi connectivity index (χ3v) is 7.91. The molecule has 1 aromatic rings. The highest BCUT2D eigenvalue weighted by Gasteiger charge is 2.34. The number of ether oxygens (including phenoxy) is 1. The largest absolute Gasteiger partial charge is 0.497 e. The molecule has 0 spiro atoms. The molecule has 2 heterocycles. The van der Waals surface area contributed by atoms with Gasteiger partial charge in [0.05, 0.1) is 18.6 Å². The van der Waals surface area contributed by atoms with Crippen LogP contribution in [0.2, 0.25) is 0 Å². The van der Waals surface area contributed by atoms with E-state index in [0.29, 0.717) is 70.9 Å². The molecule has 0 aliphatic carbocycles. The number of carbonyl (C=O) groups is 2. The van der Waals surface area contributed by atoms with Gasteiger partial charge in [-0.3, -0.25) is 14.5 Å². The molecule has 1 N–H and O–H groups in total. The lowest BCUT2D eigenvalue weighted by Gasteiger charge is -2.38. The molecular formula is C22H32N4O5S. The van der Waals surface area contributed by atoms with E-state index >= 15 is 0 Å². The smallest absolute Gasteiger partial charge is 0.243 e. The zero-order chi connectivity index (χ0) is 23.1. The molecule has 176 valence electrons. The number of hydrogen-bond acceptors (Lipinski definition) is 6. The Morgan fingerprint density at radius 2 is 1.72 bits per heavy atom. The van der Waals surface area contributed by atoms with Crippen LogP contribution in [0.3, 0.4) is 0 Å². The van der Waals surface area contributed by atoms with Crippen LogP contribution in [0.4, 0.5) is 0 Å². The van der Waals surface area contributed by atoms with Gasteiger partial charge >= 0.3 is 0 Å².